The molecule has 0 saturated heterocycles. The number of nitrogens with one attached hydrogen (secondary N) is 1. The lowest BCUT2D eigenvalue weighted by Crippen LogP contribution is -2.10. The molecule has 1 aromatic heterocycles. The molecule has 14 heavy (non-hydrogen) atoms. The average Bonchev–Trinajstić information content (AvgIpc) is 2.01. The third kappa shape index (κ3) is 2.08. The number of aromatic nitrogens is 1. The highest BCUT2D eigenvalue weighted by Gasteiger charge is 2.38. The van der Waals surface area contributed by atoms with Crippen LogP contribution < -0.4 is 0 Å². The number of hydrogen-bond donors (Lipinski definition) is 1. The third-order valence-corrected chi connectivity index (χ3v) is 1.62. The Balaban J connectivity index is 3.44. The van der Waals surface area contributed by atoms with Crippen molar-refractivity contribution >= 4 is 18.0 Å². The molecule has 0 aliphatic carbocycles. The van der Waals surface area contributed by atoms with E-state index in [9.17, 15) is 23.3 Å². The van der Waals surface area contributed by atoms with E-state index in [4.69, 9.17) is 0 Å². The first-order valence-corrected chi connectivity index (χ1v) is 3.68. The number of nitrogens with zero attached hydrogens (tertiary/aromatic N) is 1. The van der Waals surface area contributed by atoms with Gasteiger partial charge in [-0.25, -0.2) is 4.98 Å². The molecular formula is C6H3F3N2O2S. The Labute approximate surface area is 80.5 Å². The topological polar surface area (TPSA) is 58.9 Å². The van der Waals surface area contributed by atoms with E-state index < -0.39 is 22.5 Å². The van der Waals surface area contributed by atoms with Gasteiger partial charge in [0.25, 0.3) is 0 Å². The summed E-state index contributed by atoms with van der Waals surface area (Å²) in [5.41, 5.74) is -1.34. The molecule has 1 rings (SSSR count). The van der Waals surface area contributed by atoms with Crippen molar-refractivity contribution in [2.24, 2.45) is 0 Å². The molecule has 0 aromatic carbocycles. The molecule has 1 heterocycles. The number of H-pyrrole nitrogens is 1. The second-order valence-corrected chi connectivity index (χ2v) is 2.78. The van der Waals surface area contributed by atoms with E-state index in [2.05, 4.69) is 12.2 Å². The lowest BCUT2D eigenvalue weighted by Gasteiger charge is -2.06. The summed E-state index contributed by atoms with van der Waals surface area (Å²) >= 11 is 4.47. The summed E-state index contributed by atoms with van der Waals surface area (Å²) in [5, 5.41) is 10.2. The summed E-state index contributed by atoms with van der Waals surface area (Å²) < 4.78 is 36.4. The molecule has 0 atom stereocenters. The van der Waals surface area contributed by atoms with Crippen LogP contribution in [-0.2, 0) is 6.18 Å². The Kier molecular flexibility index (Phi) is 2.56. The van der Waals surface area contributed by atoms with E-state index in [0.717, 1.165) is 6.07 Å². The first-order chi connectivity index (χ1) is 6.32. The van der Waals surface area contributed by atoms with E-state index in [1.54, 1.807) is 0 Å². The number of halogens is 3. The third-order valence-electron chi connectivity index (χ3n) is 1.39. The number of nitro groups is 1. The molecule has 76 valence electrons. The van der Waals surface area contributed by atoms with E-state index in [1.807, 2.05) is 4.98 Å². The first-order valence-electron chi connectivity index (χ1n) is 3.27. The van der Waals surface area contributed by atoms with Crippen LogP contribution in [0.3, 0.4) is 0 Å². The average molecular weight is 224 g/mol. The van der Waals surface area contributed by atoms with Crippen LogP contribution >= 0.6 is 12.2 Å². The van der Waals surface area contributed by atoms with Gasteiger partial charge in [0.1, 0.15) is 5.56 Å². The maximum Gasteiger partial charge on any atom is 0.424 e. The van der Waals surface area contributed by atoms with E-state index in [-0.39, 0.29) is 4.64 Å². The van der Waals surface area contributed by atoms with Crippen molar-refractivity contribution in [2.45, 2.75) is 6.18 Å². The zero-order chi connectivity index (χ0) is 10.9. The molecular weight excluding hydrogens is 221 g/mol. The smallest absolute Gasteiger partial charge is 0.358 e. The van der Waals surface area contributed by atoms with Gasteiger partial charge < -0.3 is 10.1 Å². The van der Waals surface area contributed by atoms with Crippen molar-refractivity contribution in [3.05, 3.63) is 32.5 Å². The van der Waals surface area contributed by atoms with Gasteiger partial charge in [0.2, 0.25) is 0 Å². The molecule has 0 bridgehead atoms. The van der Waals surface area contributed by atoms with Crippen LogP contribution in [0.15, 0.2) is 12.1 Å². The maximum absolute atomic E-state index is 12.2. The van der Waals surface area contributed by atoms with Gasteiger partial charge in [-0.2, -0.15) is 13.2 Å². The highest BCUT2D eigenvalue weighted by molar-refractivity contribution is 7.71. The molecule has 0 fully saturated rings. The molecule has 0 aliphatic heterocycles. The summed E-state index contributed by atoms with van der Waals surface area (Å²) in [5.74, 6) is -1.13. The molecule has 0 unspecified atom stereocenters. The largest absolute Gasteiger partial charge is 0.424 e. The van der Waals surface area contributed by atoms with Crippen LogP contribution in [0.1, 0.15) is 5.56 Å². The highest BCUT2D eigenvalue weighted by Crippen LogP contribution is 2.34. The minimum absolute atomic E-state index is 0.121. The van der Waals surface area contributed by atoms with Crippen molar-refractivity contribution in [3.8, 4) is 0 Å². The second kappa shape index (κ2) is 3.37. The SMILES string of the molecule is O=[N+]([O-])c1[nH]c(=S)ccc1C(F)(F)F. The van der Waals surface area contributed by atoms with Crippen molar-refractivity contribution in [1.29, 1.82) is 0 Å². The summed E-state index contributed by atoms with van der Waals surface area (Å²) in [6.45, 7) is 0. The molecule has 0 saturated carbocycles. The van der Waals surface area contributed by atoms with Crippen molar-refractivity contribution in [1.82, 2.24) is 4.98 Å². The van der Waals surface area contributed by atoms with Crippen LogP contribution in [0, 0.1) is 14.8 Å². The fourth-order valence-corrected chi connectivity index (χ4v) is 1.00. The zero-order valence-corrected chi connectivity index (χ0v) is 7.28. The second-order valence-electron chi connectivity index (χ2n) is 2.34. The number of aromatic amines is 1. The molecule has 1 N–H and O–H groups in total. The van der Waals surface area contributed by atoms with Gasteiger partial charge in [-0.3, -0.25) is 0 Å². The predicted octanol–water partition coefficient (Wildman–Crippen LogP) is 2.67. The Hall–Kier alpha value is -1.44. The van der Waals surface area contributed by atoms with Gasteiger partial charge in [0.05, 0.1) is 0 Å². The van der Waals surface area contributed by atoms with Crippen LogP contribution in [0.5, 0.6) is 0 Å². The molecule has 0 amide bonds. The number of rotatable bonds is 1. The molecule has 0 spiro atoms. The summed E-state index contributed by atoms with van der Waals surface area (Å²) in [4.78, 5) is 11.0. The monoisotopic (exact) mass is 224 g/mol. The molecule has 1 aromatic rings. The first kappa shape index (κ1) is 10.6. The van der Waals surface area contributed by atoms with Crippen molar-refractivity contribution < 1.29 is 18.1 Å². The standard InChI is InChI=1S/C6H3F3N2O2S/c7-6(8,9)3-1-2-4(14)10-5(3)11(12)13/h1-2H,(H,10,14). The van der Waals surface area contributed by atoms with Crippen molar-refractivity contribution in [3.63, 3.8) is 0 Å². The van der Waals surface area contributed by atoms with Gasteiger partial charge in [0.15, 0.2) is 4.64 Å². The summed E-state index contributed by atoms with van der Waals surface area (Å²) in [7, 11) is 0. The van der Waals surface area contributed by atoms with Crippen LogP contribution in [0.25, 0.3) is 0 Å². The van der Waals surface area contributed by atoms with Crippen LogP contribution in [0.2, 0.25) is 0 Å². The van der Waals surface area contributed by atoms with Gasteiger partial charge in [-0.15, -0.1) is 0 Å². The Morgan fingerprint density at radius 3 is 2.43 bits per heavy atom. The molecule has 8 heteroatoms. The van der Waals surface area contributed by atoms with E-state index in [0.29, 0.717) is 6.07 Å². The lowest BCUT2D eigenvalue weighted by atomic mass is 10.2. The van der Waals surface area contributed by atoms with Crippen LogP contribution in [0.4, 0.5) is 19.0 Å². The highest BCUT2D eigenvalue weighted by atomic mass is 32.1. The molecule has 4 nitrogen and oxygen atoms in total. The fourth-order valence-electron chi connectivity index (χ4n) is 0.836. The van der Waals surface area contributed by atoms with Crippen molar-refractivity contribution in [2.75, 3.05) is 0 Å². The normalized spacial score (nSPS) is 11.4. The molecule has 0 radical (unpaired) electrons. The Morgan fingerprint density at radius 1 is 1.43 bits per heavy atom. The number of alkyl halides is 3. The Morgan fingerprint density at radius 2 is 2.00 bits per heavy atom. The van der Waals surface area contributed by atoms with Gasteiger partial charge >= 0.3 is 12.0 Å². The fraction of sp³-hybridized carbons (Fsp3) is 0.167. The van der Waals surface area contributed by atoms with Gasteiger partial charge in [0, 0.05) is 0 Å². The van der Waals surface area contributed by atoms with Crippen LogP contribution in [-0.4, -0.2) is 9.91 Å². The lowest BCUT2D eigenvalue weighted by molar-refractivity contribution is -0.392. The summed E-state index contributed by atoms with van der Waals surface area (Å²) in [6.07, 6.45) is -4.76. The number of hydrogen-bond acceptors (Lipinski definition) is 3. The molecule has 0 aliphatic rings. The van der Waals surface area contributed by atoms with Gasteiger partial charge in [-0.05, 0) is 29.3 Å². The predicted molar refractivity (Wildman–Crippen MR) is 43.3 cm³/mol. The van der Waals surface area contributed by atoms with E-state index >= 15 is 0 Å². The zero-order valence-electron chi connectivity index (χ0n) is 6.46. The van der Waals surface area contributed by atoms with E-state index in [1.165, 1.54) is 0 Å². The quantitative estimate of drug-likeness (QED) is 0.453. The number of pyridine rings is 1. The minimum atomic E-state index is -4.76. The minimum Gasteiger partial charge on any atom is -0.358 e. The Bertz CT molecular complexity index is 426. The maximum atomic E-state index is 12.2. The van der Waals surface area contributed by atoms with Gasteiger partial charge in [-0.1, -0.05) is 0 Å². The summed E-state index contributed by atoms with van der Waals surface area (Å²) in [6, 6.07) is 1.53.